The van der Waals surface area contributed by atoms with Crippen LogP contribution in [-0.4, -0.2) is 4.98 Å². The van der Waals surface area contributed by atoms with Crippen LogP contribution < -0.4 is 0 Å². The first-order valence-corrected chi connectivity index (χ1v) is 4.16. The Bertz CT molecular complexity index is 394. The van der Waals surface area contributed by atoms with E-state index in [2.05, 4.69) is 4.98 Å². The molecule has 0 saturated carbocycles. The van der Waals surface area contributed by atoms with Crippen molar-refractivity contribution in [2.45, 2.75) is 6.92 Å². The molecule has 0 spiro atoms. The summed E-state index contributed by atoms with van der Waals surface area (Å²) in [5, 5.41) is 2.11. The number of nitrogens with zero attached hydrogens (tertiary/aromatic N) is 1. The number of fused-ring (bicyclic) bond motifs is 1. The molecule has 0 aliphatic rings. The van der Waals surface area contributed by atoms with Gasteiger partial charge in [-0.3, -0.25) is 0 Å². The summed E-state index contributed by atoms with van der Waals surface area (Å²) in [6, 6.07) is 3.58. The van der Waals surface area contributed by atoms with Gasteiger partial charge in [-0.25, -0.2) is 9.37 Å². The number of rotatable bonds is 0. The molecule has 0 bridgehead atoms. The Balaban J connectivity index is 2.86. The van der Waals surface area contributed by atoms with E-state index in [9.17, 15) is 4.39 Å². The fraction of sp³-hybridized carbons (Fsp3) is 0.125. The first-order chi connectivity index (χ1) is 5.27. The van der Waals surface area contributed by atoms with Gasteiger partial charge in [-0.1, -0.05) is 0 Å². The van der Waals surface area contributed by atoms with Gasteiger partial charge in [0.2, 0.25) is 0 Å². The highest BCUT2D eigenvalue weighted by molar-refractivity contribution is 7.16. The fourth-order valence-electron chi connectivity index (χ4n) is 0.976. The van der Waals surface area contributed by atoms with E-state index in [-0.39, 0.29) is 5.82 Å². The topological polar surface area (TPSA) is 12.9 Å². The van der Waals surface area contributed by atoms with Crippen LogP contribution >= 0.6 is 11.3 Å². The molecule has 0 aliphatic heterocycles. The molecule has 2 heterocycles. The smallest absolute Gasteiger partial charge is 0.143 e. The van der Waals surface area contributed by atoms with Crippen molar-refractivity contribution >= 4 is 21.6 Å². The van der Waals surface area contributed by atoms with E-state index in [1.165, 1.54) is 16.7 Å². The number of halogens is 1. The summed E-state index contributed by atoms with van der Waals surface area (Å²) in [5.41, 5.74) is 0.930. The molecule has 0 saturated heterocycles. The van der Waals surface area contributed by atoms with E-state index in [4.69, 9.17) is 0 Å². The monoisotopic (exact) mass is 167 g/mol. The summed E-state index contributed by atoms with van der Waals surface area (Å²) in [4.78, 5) is 4.96. The van der Waals surface area contributed by atoms with Crippen molar-refractivity contribution in [1.82, 2.24) is 4.98 Å². The summed E-state index contributed by atoms with van der Waals surface area (Å²) in [6.45, 7) is 1.90. The van der Waals surface area contributed by atoms with Crippen LogP contribution in [0.25, 0.3) is 10.2 Å². The van der Waals surface area contributed by atoms with Gasteiger partial charge in [0.25, 0.3) is 0 Å². The number of pyridine rings is 1. The molecule has 0 N–H and O–H groups in total. The van der Waals surface area contributed by atoms with E-state index in [1.807, 2.05) is 13.0 Å². The zero-order chi connectivity index (χ0) is 7.84. The largest absolute Gasteiger partial charge is 0.242 e. The van der Waals surface area contributed by atoms with Gasteiger partial charge >= 0.3 is 0 Å². The maximum absolute atomic E-state index is 12.8. The van der Waals surface area contributed by atoms with Crippen LogP contribution in [0.4, 0.5) is 4.39 Å². The van der Waals surface area contributed by atoms with Crippen molar-refractivity contribution in [3.63, 3.8) is 0 Å². The Labute approximate surface area is 67.5 Å². The second-order valence-corrected chi connectivity index (χ2v) is 3.25. The van der Waals surface area contributed by atoms with E-state index in [0.29, 0.717) is 5.39 Å². The number of aryl methyl sites for hydroxylation is 1. The molecule has 0 amide bonds. The molecule has 1 nitrogen and oxygen atoms in total. The van der Waals surface area contributed by atoms with Crippen molar-refractivity contribution < 1.29 is 4.39 Å². The third-order valence-electron chi connectivity index (χ3n) is 1.53. The lowest BCUT2D eigenvalue weighted by molar-refractivity contribution is 0.644. The SMILES string of the molecule is Cc1ccc2c(F)csc2n1. The van der Waals surface area contributed by atoms with Gasteiger partial charge in [-0.05, 0) is 19.1 Å². The highest BCUT2D eigenvalue weighted by atomic mass is 32.1. The van der Waals surface area contributed by atoms with E-state index in [1.54, 1.807) is 6.07 Å². The minimum atomic E-state index is -0.169. The van der Waals surface area contributed by atoms with Gasteiger partial charge in [0.05, 0.1) is 0 Å². The van der Waals surface area contributed by atoms with E-state index in [0.717, 1.165) is 10.5 Å². The molecule has 0 aliphatic carbocycles. The van der Waals surface area contributed by atoms with Crippen molar-refractivity contribution in [3.05, 3.63) is 29.0 Å². The zero-order valence-electron chi connectivity index (χ0n) is 5.97. The van der Waals surface area contributed by atoms with Gasteiger partial charge in [0, 0.05) is 16.5 Å². The molecular formula is C8H6FNS. The van der Waals surface area contributed by atoms with Crippen molar-refractivity contribution in [2.24, 2.45) is 0 Å². The molecule has 0 fully saturated rings. The molecule has 0 aromatic carbocycles. The summed E-state index contributed by atoms with van der Waals surface area (Å²) < 4.78 is 12.8. The normalized spacial score (nSPS) is 10.7. The zero-order valence-corrected chi connectivity index (χ0v) is 6.78. The second kappa shape index (κ2) is 2.27. The number of aromatic nitrogens is 1. The van der Waals surface area contributed by atoms with Crippen LogP contribution in [0.2, 0.25) is 0 Å². The lowest BCUT2D eigenvalue weighted by Gasteiger charge is -1.90. The Morgan fingerprint density at radius 3 is 3.09 bits per heavy atom. The van der Waals surface area contributed by atoms with Crippen LogP contribution in [0.5, 0.6) is 0 Å². The molecule has 2 aromatic heterocycles. The second-order valence-electron chi connectivity index (χ2n) is 2.39. The third-order valence-corrected chi connectivity index (χ3v) is 2.39. The third kappa shape index (κ3) is 1.01. The van der Waals surface area contributed by atoms with Crippen LogP contribution in [0.1, 0.15) is 5.69 Å². The van der Waals surface area contributed by atoms with Crippen LogP contribution in [0, 0.1) is 12.7 Å². The standard InChI is InChI=1S/C8H6FNS/c1-5-2-3-6-7(9)4-11-8(6)10-5/h2-4H,1H3. The van der Waals surface area contributed by atoms with Gasteiger partial charge in [0.15, 0.2) is 0 Å². The summed E-state index contributed by atoms with van der Waals surface area (Å²) >= 11 is 1.34. The number of thiophene rings is 1. The maximum atomic E-state index is 12.8. The summed E-state index contributed by atoms with van der Waals surface area (Å²) in [7, 11) is 0. The van der Waals surface area contributed by atoms with Gasteiger partial charge in [0.1, 0.15) is 10.6 Å². The summed E-state index contributed by atoms with van der Waals surface area (Å²) in [5.74, 6) is -0.169. The van der Waals surface area contributed by atoms with Gasteiger partial charge in [-0.15, -0.1) is 11.3 Å². The molecule has 0 atom stereocenters. The van der Waals surface area contributed by atoms with Crippen LogP contribution in [0.15, 0.2) is 17.5 Å². The average molecular weight is 167 g/mol. The van der Waals surface area contributed by atoms with Crippen LogP contribution in [-0.2, 0) is 0 Å². The Morgan fingerprint density at radius 1 is 1.45 bits per heavy atom. The predicted molar refractivity (Wildman–Crippen MR) is 44.3 cm³/mol. The first kappa shape index (κ1) is 6.73. The molecule has 11 heavy (non-hydrogen) atoms. The molecule has 3 heteroatoms. The van der Waals surface area contributed by atoms with E-state index >= 15 is 0 Å². The molecule has 0 radical (unpaired) electrons. The minimum Gasteiger partial charge on any atom is -0.242 e. The fourth-order valence-corrected chi connectivity index (χ4v) is 1.81. The summed E-state index contributed by atoms with van der Waals surface area (Å²) in [6.07, 6.45) is 0. The molecule has 56 valence electrons. The van der Waals surface area contributed by atoms with Gasteiger partial charge in [-0.2, -0.15) is 0 Å². The molecule has 2 rings (SSSR count). The number of hydrogen-bond donors (Lipinski definition) is 0. The molecule has 2 aromatic rings. The average Bonchev–Trinajstić information content (AvgIpc) is 2.32. The molecular weight excluding hydrogens is 161 g/mol. The first-order valence-electron chi connectivity index (χ1n) is 3.28. The maximum Gasteiger partial charge on any atom is 0.143 e. The van der Waals surface area contributed by atoms with Crippen molar-refractivity contribution in [3.8, 4) is 0 Å². The quantitative estimate of drug-likeness (QED) is 0.588. The van der Waals surface area contributed by atoms with Crippen molar-refractivity contribution in [2.75, 3.05) is 0 Å². The van der Waals surface area contributed by atoms with Crippen molar-refractivity contribution in [1.29, 1.82) is 0 Å². The Morgan fingerprint density at radius 2 is 2.27 bits per heavy atom. The lowest BCUT2D eigenvalue weighted by Crippen LogP contribution is -1.78. The Kier molecular flexibility index (Phi) is 1.39. The van der Waals surface area contributed by atoms with Crippen LogP contribution in [0.3, 0.4) is 0 Å². The highest BCUT2D eigenvalue weighted by Crippen LogP contribution is 2.22. The highest BCUT2D eigenvalue weighted by Gasteiger charge is 2.02. The Hall–Kier alpha value is -0.960. The number of hydrogen-bond acceptors (Lipinski definition) is 2. The van der Waals surface area contributed by atoms with E-state index < -0.39 is 0 Å². The lowest BCUT2D eigenvalue weighted by atomic mass is 10.3. The van der Waals surface area contributed by atoms with Gasteiger partial charge < -0.3 is 0 Å². The molecule has 0 unspecified atom stereocenters. The predicted octanol–water partition coefficient (Wildman–Crippen LogP) is 2.74. The minimum absolute atomic E-state index is 0.169.